The van der Waals surface area contributed by atoms with Crippen molar-refractivity contribution in [2.75, 3.05) is 24.5 Å². The molecular formula is C17H24N6OS. The molecule has 134 valence electrons. The van der Waals surface area contributed by atoms with Gasteiger partial charge in [-0.25, -0.2) is 4.98 Å². The summed E-state index contributed by atoms with van der Waals surface area (Å²) in [6.45, 7) is 3.99. The number of aromatic nitrogens is 3. The minimum Gasteiger partial charge on any atom is -0.365 e. The van der Waals surface area contributed by atoms with Gasteiger partial charge in [0.1, 0.15) is 0 Å². The molecule has 1 amide bonds. The molecule has 1 saturated heterocycles. The van der Waals surface area contributed by atoms with Gasteiger partial charge in [0, 0.05) is 37.3 Å². The fraction of sp³-hybridized carbons (Fsp3) is 0.588. The van der Waals surface area contributed by atoms with Crippen molar-refractivity contribution in [2.45, 2.75) is 38.3 Å². The van der Waals surface area contributed by atoms with Crippen LogP contribution in [0.3, 0.4) is 0 Å². The number of hydrogen-bond acceptors (Lipinski definition) is 6. The number of nitrogens with two attached hydrogens (primary N) is 1. The predicted molar refractivity (Wildman–Crippen MR) is 97.9 cm³/mol. The Bertz CT molecular complexity index is 720. The van der Waals surface area contributed by atoms with Gasteiger partial charge in [-0.3, -0.25) is 9.48 Å². The molecule has 2 aromatic rings. The number of thiazole rings is 1. The Hall–Kier alpha value is -1.93. The molecule has 0 spiro atoms. The molecule has 0 aromatic carbocycles. The quantitative estimate of drug-likeness (QED) is 0.838. The second-order valence-electron chi connectivity index (χ2n) is 6.94. The summed E-state index contributed by atoms with van der Waals surface area (Å²) in [5.74, 6) is 0.170. The molecule has 0 aliphatic carbocycles. The standard InChI is InChI=1S/C17H24N6OS/c18-16(24)14-11-21-23-7-1-12(9-15(14)23)10-20-13-2-5-22(6-3-13)17-19-4-8-25-17/h4,8,11-13,20H,1-3,5-7,9-10H2,(H2,18,24). The van der Waals surface area contributed by atoms with Crippen LogP contribution in [0.2, 0.25) is 0 Å². The molecule has 2 aliphatic heterocycles. The molecule has 25 heavy (non-hydrogen) atoms. The van der Waals surface area contributed by atoms with E-state index in [4.69, 9.17) is 5.73 Å². The van der Waals surface area contributed by atoms with E-state index in [0.717, 1.165) is 62.7 Å². The number of nitrogens with zero attached hydrogens (tertiary/aromatic N) is 4. The maximum absolute atomic E-state index is 11.5. The Morgan fingerprint density at radius 1 is 1.32 bits per heavy atom. The van der Waals surface area contributed by atoms with Crippen LogP contribution in [0.15, 0.2) is 17.8 Å². The summed E-state index contributed by atoms with van der Waals surface area (Å²) in [5.41, 5.74) is 7.04. The largest absolute Gasteiger partial charge is 0.365 e. The second kappa shape index (κ2) is 7.13. The van der Waals surface area contributed by atoms with Gasteiger partial charge in [0.2, 0.25) is 0 Å². The third kappa shape index (κ3) is 3.55. The van der Waals surface area contributed by atoms with Crippen LogP contribution in [0.5, 0.6) is 0 Å². The summed E-state index contributed by atoms with van der Waals surface area (Å²) in [6.07, 6.45) is 7.76. The summed E-state index contributed by atoms with van der Waals surface area (Å²) in [6, 6.07) is 0.568. The van der Waals surface area contributed by atoms with Crippen LogP contribution in [-0.2, 0) is 13.0 Å². The van der Waals surface area contributed by atoms with E-state index in [1.807, 2.05) is 16.3 Å². The highest BCUT2D eigenvalue weighted by Gasteiger charge is 2.26. The molecule has 8 heteroatoms. The van der Waals surface area contributed by atoms with Crippen LogP contribution in [0.4, 0.5) is 5.13 Å². The van der Waals surface area contributed by atoms with Crippen LogP contribution in [0.1, 0.15) is 35.3 Å². The summed E-state index contributed by atoms with van der Waals surface area (Å²) in [5, 5.41) is 11.2. The topological polar surface area (TPSA) is 89.1 Å². The highest BCUT2D eigenvalue weighted by Crippen LogP contribution is 2.24. The molecule has 0 radical (unpaired) electrons. The molecule has 2 aliphatic rings. The van der Waals surface area contributed by atoms with Crippen molar-refractivity contribution in [1.29, 1.82) is 0 Å². The first-order valence-electron chi connectivity index (χ1n) is 8.93. The summed E-state index contributed by atoms with van der Waals surface area (Å²) in [7, 11) is 0. The van der Waals surface area contributed by atoms with E-state index in [1.165, 1.54) is 0 Å². The third-order valence-electron chi connectivity index (χ3n) is 5.33. The van der Waals surface area contributed by atoms with Gasteiger partial charge in [-0.15, -0.1) is 11.3 Å². The number of amides is 1. The van der Waals surface area contributed by atoms with Gasteiger partial charge in [-0.05, 0) is 38.1 Å². The van der Waals surface area contributed by atoms with Crippen molar-refractivity contribution in [3.8, 4) is 0 Å². The molecule has 0 bridgehead atoms. The van der Waals surface area contributed by atoms with Gasteiger partial charge in [-0.1, -0.05) is 0 Å². The lowest BCUT2D eigenvalue weighted by Gasteiger charge is -2.33. The number of aryl methyl sites for hydroxylation is 1. The van der Waals surface area contributed by atoms with Crippen LogP contribution in [-0.4, -0.2) is 46.3 Å². The van der Waals surface area contributed by atoms with Crippen LogP contribution < -0.4 is 16.0 Å². The molecular weight excluding hydrogens is 336 g/mol. The van der Waals surface area contributed by atoms with Crippen molar-refractivity contribution in [1.82, 2.24) is 20.1 Å². The number of rotatable bonds is 5. The SMILES string of the molecule is NC(=O)c1cnn2c1CC(CNC1CCN(c3nccs3)CC1)CC2. The first-order chi connectivity index (χ1) is 12.2. The highest BCUT2D eigenvalue weighted by molar-refractivity contribution is 7.13. The third-order valence-corrected chi connectivity index (χ3v) is 6.16. The maximum atomic E-state index is 11.5. The van der Waals surface area contributed by atoms with Gasteiger partial charge >= 0.3 is 0 Å². The fourth-order valence-corrected chi connectivity index (χ4v) is 4.56. The normalized spacial score (nSPS) is 21.3. The number of fused-ring (bicyclic) bond motifs is 1. The Kier molecular flexibility index (Phi) is 4.72. The molecule has 0 saturated carbocycles. The highest BCUT2D eigenvalue weighted by atomic mass is 32.1. The monoisotopic (exact) mass is 360 g/mol. The Balaban J connectivity index is 1.27. The van der Waals surface area contributed by atoms with Crippen molar-refractivity contribution < 1.29 is 4.79 Å². The summed E-state index contributed by atoms with van der Waals surface area (Å²) in [4.78, 5) is 18.3. The van der Waals surface area contributed by atoms with E-state index < -0.39 is 0 Å². The zero-order valence-corrected chi connectivity index (χ0v) is 15.0. The van der Waals surface area contributed by atoms with Crippen molar-refractivity contribution in [3.05, 3.63) is 29.0 Å². The maximum Gasteiger partial charge on any atom is 0.252 e. The molecule has 3 N–H and O–H groups in total. The number of primary amides is 1. The number of piperidine rings is 1. The first-order valence-corrected chi connectivity index (χ1v) is 9.81. The van der Waals surface area contributed by atoms with Gasteiger partial charge in [0.15, 0.2) is 5.13 Å². The van der Waals surface area contributed by atoms with Crippen LogP contribution >= 0.6 is 11.3 Å². The average molecular weight is 360 g/mol. The van der Waals surface area contributed by atoms with E-state index in [2.05, 4.69) is 20.3 Å². The van der Waals surface area contributed by atoms with Gasteiger partial charge in [-0.2, -0.15) is 5.10 Å². The average Bonchev–Trinajstić information content (AvgIpc) is 3.29. The zero-order valence-electron chi connectivity index (χ0n) is 14.2. The van der Waals surface area contributed by atoms with Crippen molar-refractivity contribution in [2.24, 2.45) is 11.7 Å². The van der Waals surface area contributed by atoms with Gasteiger partial charge in [0.05, 0.1) is 17.5 Å². The molecule has 1 fully saturated rings. The summed E-state index contributed by atoms with van der Waals surface area (Å²) >= 11 is 1.71. The molecule has 1 atom stereocenters. The van der Waals surface area contributed by atoms with Crippen LogP contribution in [0, 0.1) is 5.92 Å². The Labute approximate surface area is 151 Å². The molecule has 7 nitrogen and oxygen atoms in total. The lowest BCUT2D eigenvalue weighted by molar-refractivity contribution is 0.0998. The Morgan fingerprint density at radius 2 is 2.16 bits per heavy atom. The van der Waals surface area contributed by atoms with Crippen molar-refractivity contribution in [3.63, 3.8) is 0 Å². The number of carbonyl (C=O) groups is 1. The summed E-state index contributed by atoms with van der Waals surface area (Å²) < 4.78 is 1.93. The van der Waals surface area contributed by atoms with E-state index in [-0.39, 0.29) is 5.91 Å². The number of carbonyl (C=O) groups excluding carboxylic acids is 1. The van der Waals surface area contributed by atoms with Gasteiger partial charge < -0.3 is 16.0 Å². The minimum atomic E-state index is -0.371. The minimum absolute atomic E-state index is 0.371. The van der Waals surface area contributed by atoms with E-state index >= 15 is 0 Å². The predicted octanol–water partition coefficient (Wildman–Crippen LogP) is 1.26. The van der Waals surface area contributed by atoms with E-state index in [9.17, 15) is 4.79 Å². The number of anilines is 1. The lowest BCUT2D eigenvalue weighted by atomic mass is 9.93. The molecule has 1 unspecified atom stereocenters. The molecule has 2 aromatic heterocycles. The van der Waals surface area contributed by atoms with E-state index in [1.54, 1.807) is 17.5 Å². The number of hydrogen-bond donors (Lipinski definition) is 2. The smallest absolute Gasteiger partial charge is 0.252 e. The molecule has 4 heterocycles. The second-order valence-corrected chi connectivity index (χ2v) is 7.81. The van der Waals surface area contributed by atoms with Crippen LogP contribution in [0.25, 0.3) is 0 Å². The van der Waals surface area contributed by atoms with Crippen molar-refractivity contribution >= 4 is 22.4 Å². The molecule has 4 rings (SSSR count). The zero-order chi connectivity index (χ0) is 17.2. The fourth-order valence-electron chi connectivity index (χ4n) is 3.86. The lowest BCUT2D eigenvalue weighted by Crippen LogP contribution is -2.44. The Morgan fingerprint density at radius 3 is 2.88 bits per heavy atom. The van der Waals surface area contributed by atoms with Gasteiger partial charge in [0.25, 0.3) is 5.91 Å². The van der Waals surface area contributed by atoms with E-state index in [0.29, 0.717) is 17.5 Å². The first kappa shape index (κ1) is 16.5. The number of nitrogens with one attached hydrogen (secondary N) is 1.